The quantitative estimate of drug-likeness (QED) is 0.890. The van der Waals surface area contributed by atoms with Crippen molar-refractivity contribution in [3.8, 4) is 0 Å². The molecule has 1 N–H and O–H groups in total. The fourth-order valence-electron chi connectivity index (χ4n) is 2.82. The number of fused-ring (bicyclic) bond motifs is 1. The Kier molecular flexibility index (Phi) is 3.01. The average molecular weight is 259 g/mol. The van der Waals surface area contributed by atoms with E-state index in [1.165, 1.54) is 12.8 Å². The maximum Gasteiger partial charge on any atom is 0.338 e. The summed E-state index contributed by atoms with van der Waals surface area (Å²) in [6.07, 6.45) is 4.54. The summed E-state index contributed by atoms with van der Waals surface area (Å²) < 4.78 is 5.76. The third-order valence-electron chi connectivity index (χ3n) is 4.03. The van der Waals surface area contributed by atoms with Crippen molar-refractivity contribution in [1.29, 1.82) is 0 Å². The highest BCUT2D eigenvalue weighted by Gasteiger charge is 2.25. The third kappa shape index (κ3) is 2.23. The molecule has 1 heterocycles. The number of nitrogens with zero attached hydrogens (tertiary/aromatic N) is 1. The highest BCUT2D eigenvalue weighted by Crippen LogP contribution is 2.36. The second-order valence-corrected chi connectivity index (χ2v) is 5.47. The van der Waals surface area contributed by atoms with Crippen LogP contribution in [-0.4, -0.2) is 16.1 Å². The van der Waals surface area contributed by atoms with Crippen molar-refractivity contribution in [2.24, 2.45) is 5.92 Å². The van der Waals surface area contributed by atoms with Gasteiger partial charge in [0.25, 0.3) is 0 Å². The zero-order chi connectivity index (χ0) is 13.4. The van der Waals surface area contributed by atoms with Crippen LogP contribution >= 0.6 is 0 Å². The van der Waals surface area contributed by atoms with E-state index in [4.69, 9.17) is 9.52 Å². The number of rotatable bonds is 2. The molecule has 1 aliphatic carbocycles. The SMILES string of the molecule is CC1CCC(c2nc3c(C(=O)O)cccc3o2)CC1. The van der Waals surface area contributed by atoms with Crippen molar-refractivity contribution in [3.05, 3.63) is 29.7 Å². The first kappa shape index (κ1) is 12.2. The first-order valence-corrected chi connectivity index (χ1v) is 6.78. The highest BCUT2D eigenvalue weighted by atomic mass is 16.4. The van der Waals surface area contributed by atoms with Crippen LogP contribution in [0.25, 0.3) is 11.1 Å². The van der Waals surface area contributed by atoms with Crippen LogP contribution in [0.3, 0.4) is 0 Å². The molecule has 1 fully saturated rings. The van der Waals surface area contributed by atoms with E-state index >= 15 is 0 Å². The summed E-state index contributed by atoms with van der Waals surface area (Å²) in [5.41, 5.74) is 1.27. The second kappa shape index (κ2) is 4.68. The Bertz CT molecular complexity index is 609. The summed E-state index contributed by atoms with van der Waals surface area (Å²) in [5.74, 6) is 0.860. The molecule has 1 saturated carbocycles. The Balaban J connectivity index is 1.98. The van der Waals surface area contributed by atoms with Crippen LogP contribution in [-0.2, 0) is 0 Å². The molecule has 100 valence electrons. The van der Waals surface area contributed by atoms with Gasteiger partial charge in [0, 0.05) is 5.92 Å². The van der Waals surface area contributed by atoms with Crippen LogP contribution in [0.15, 0.2) is 22.6 Å². The van der Waals surface area contributed by atoms with E-state index in [2.05, 4.69) is 11.9 Å². The molecular formula is C15H17NO3. The second-order valence-electron chi connectivity index (χ2n) is 5.47. The van der Waals surface area contributed by atoms with E-state index < -0.39 is 5.97 Å². The van der Waals surface area contributed by atoms with Gasteiger partial charge in [-0.2, -0.15) is 0 Å². The van der Waals surface area contributed by atoms with Gasteiger partial charge < -0.3 is 9.52 Å². The van der Waals surface area contributed by atoms with Crippen LogP contribution in [0.4, 0.5) is 0 Å². The number of benzene rings is 1. The van der Waals surface area contributed by atoms with Crippen LogP contribution in [0, 0.1) is 5.92 Å². The van der Waals surface area contributed by atoms with E-state index in [0.717, 1.165) is 18.8 Å². The molecule has 0 radical (unpaired) electrons. The predicted octanol–water partition coefficient (Wildman–Crippen LogP) is 3.82. The molecule has 0 saturated heterocycles. The molecule has 0 aliphatic heterocycles. The van der Waals surface area contributed by atoms with Crippen LogP contribution in [0.5, 0.6) is 0 Å². The van der Waals surface area contributed by atoms with Gasteiger partial charge in [-0.25, -0.2) is 9.78 Å². The van der Waals surface area contributed by atoms with Gasteiger partial charge in [-0.05, 0) is 43.7 Å². The number of aromatic carboxylic acids is 1. The summed E-state index contributed by atoms with van der Waals surface area (Å²) in [7, 11) is 0. The lowest BCUT2D eigenvalue weighted by atomic mass is 9.83. The molecule has 1 aliphatic rings. The topological polar surface area (TPSA) is 63.3 Å². The maximum absolute atomic E-state index is 11.2. The van der Waals surface area contributed by atoms with E-state index in [-0.39, 0.29) is 5.56 Å². The van der Waals surface area contributed by atoms with Gasteiger partial charge in [-0.15, -0.1) is 0 Å². The summed E-state index contributed by atoms with van der Waals surface area (Å²) in [4.78, 5) is 15.6. The van der Waals surface area contributed by atoms with Crippen molar-refractivity contribution in [3.63, 3.8) is 0 Å². The molecule has 4 heteroatoms. The normalized spacial score (nSPS) is 23.6. The van der Waals surface area contributed by atoms with Gasteiger partial charge in [0.1, 0.15) is 5.52 Å². The molecule has 0 amide bonds. The Labute approximate surface area is 111 Å². The average Bonchev–Trinajstić information content (AvgIpc) is 2.82. The van der Waals surface area contributed by atoms with E-state index in [9.17, 15) is 4.79 Å². The van der Waals surface area contributed by atoms with Crippen molar-refractivity contribution >= 4 is 17.1 Å². The fourth-order valence-corrected chi connectivity index (χ4v) is 2.82. The zero-order valence-corrected chi connectivity index (χ0v) is 10.9. The summed E-state index contributed by atoms with van der Waals surface area (Å²) in [5, 5.41) is 9.16. The number of oxazole rings is 1. The molecule has 1 aromatic carbocycles. The Morgan fingerprint density at radius 2 is 2.05 bits per heavy atom. The lowest BCUT2D eigenvalue weighted by molar-refractivity contribution is 0.0699. The molecule has 4 nitrogen and oxygen atoms in total. The van der Waals surface area contributed by atoms with E-state index in [0.29, 0.717) is 22.9 Å². The van der Waals surface area contributed by atoms with Crippen molar-refractivity contribution in [2.75, 3.05) is 0 Å². The number of hydrogen-bond donors (Lipinski definition) is 1. The van der Waals surface area contributed by atoms with Gasteiger partial charge in [0.2, 0.25) is 0 Å². The first-order valence-electron chi connectivity index (χ1n) is 6.78. The minimum Gasteiger partial charge on any atom is -0.478 e. The Hall–Kier alpha value is -1.84. The lowest BCUT2D eigenvalue weighted by Gasteiger charge is -2.23. The standard InChI is InChI=1S/C15H17NO3/c1-9-5-7-10(8-6-9)14-16-13-11(15(17)18)3-2-4-12(13)19-14/h2-4,9-10H,5-8H2,1H3,(H,17,18). The molecular weight excluding hydrogens is 242 g/mol. The van der Waals surface area contributed by atoms with Gasteiger partial charge in [0.15, 0.2) is 11.5 Å². The van der Waals surface area contributed by atoms with Crippen molar-refractivity contribution in [2.45, 2.75) is 38.5 Å². The molecule has 0 unspecified atom stereocenters. The fraction of sp³-hybridized carbons (Fsp3) is 0.467. The zero-order valence-electron chi connectivity index (χ0n) is 10.9. The molecule has 2 aromatic rings. The number of aromatic nitrogens is 1. The highest BCUT2D eigenvalue weighted by molar-refractivity contribution is 6.00. The van der Waals surface area contributed by atoms with Crippen molar-refractivity contribution in [1.82, 2.24) is 4.98 Å². The minimum absolute atomic E-state index is 0.219. The van der Waals surface area contributed by atoms with Gasteiger partial charge in [-0.1, -0.05) is 13.0 Å². The van der Waals surface area contributed by atoms with Crippen LogP contribution in [0.1, 0.15) is 54.8 Å². The summed E-state index contributed by atoms with van der Waals surface area (Å²) >= 11 is 0. The smallest absolute Gasteiger partial charge is 0.338 e. The molecule has 0 spiro atoms. The number of hydrogen-bond acceptors (Lipinski definition) is 3. The lowest BCUT2D eigenvalue weighted by Crippen LogP contribution is -2.11. The number of carbonyl (C=O) groups is 1. The number of para-hydroxylation sites is 1. The molecule has 3 rings (SSSR count). The number of carboxylic acid groups (broad SMARTS) is 1. The third-order valence-corrected chi connectivity index (χ3v) is 4.03. The monoisotopic (exact) mass is 259 g/mol. The largest absolute Gasteiger partial charge is 0.478 e. The maximum atomic E-state index is 11.2. The van der Waals surface area contributed by atoms with Gasteiger partial charge >= 0.3 is 5.97 Å². The van der Waals surface area contributed by atoms with Crippen molar-refractivity contribution < 1.29 is 14.3 Å². The summed E-state index contributed by atoms with van der Waals surface area (Å²) in [6, 6.07) is 5.05. The predicted molar refractivity (Wildman–Crippen MR) is 71.3 cm³/mol. The minimum atomic E-state index is -0.956. The molecule has 1 aromatic heterocycles. The molecule has 0 atom stereocenters. The first-order chi connectivity index (χ1) is 9.15. The van der Waals surface area contributed by atoms with Crippen LogP contribution in [0.2, 0.25) is 0 Å². The van der Waals surface area contributed by atoms with Gasteiger partial charge in [0.05, 0.1) is 5.56 Å². The Morgan fingerprint density at radius 3 is 2.74 bits per heavy atom. The summed E-state index contributed by atoms with van der Waals surface area (Å²) in [6.45, 7) is 2.27. The van der Waals surface area contributed by atoms with E-state index in [1.807, 2.05) is 0 Å². The molecule has 19 heavy (non-hydrogen) atoms. The van der Waals surface area contributed by atoms with Gasteiger partial charge in [-0.3, -0.25) is 0 Å². The number of carboxylic acids is 1. The Morgan fingerprint density at radius 1 is 1.32 bits per heavy atom. The van der Waals surface area contributed by atoms with E-state index in [1.54, 1.807) is 18.2 Å². The van der Waals surface area contributed by atoms with Crippen LogP contribution < -0.4 is 0 Å². The molecule has 0 bridgehead atoms.